The summed E-state index contributed by atoms with van der Waals surface area (Å²) < 4.78 is 0. The molecule has 1 unspecified atom stereocenters. The van der Waals surface area contributed by atoms with Crippen molar-refractivity contribution in [2.45, 2.75) is 40.8 Å². The normalized spacial score (nSPS) is 23.1. The summed E-state index contributed by atoms with van der Waals surface area (Å²) in [5.41, 5.74) is 5.14. The van der Waals surface area contributed by atoms with Crippen molar-refractivity contribution in [2.24, 2.45) is 16.8 Å². The van der Waals surface area contributed by atoms with Gasteiger partial charge in [0.1, 0.15) is 6.17 Å². The minimum atomic E-state index is -0.00656. The summed E-state index contributed by atoms with van der Waals surface area (Å²) in [5.74, 6) is 0.887. The van der Waals surface area contributed by atoms with Crippen LogP contribution in [-0.4, -0.2) is 12.3 Å². The second-order valence-corrected chi connectivity index (χ2v) is 6.71. The second kappa shape index (κ2) is 8.79. The summed E-state index contributed by atoms with van der Waals surface area (Å²) in [5, 5.41) is 3.59. The first-order chi connectivity index (χ1) is 11.5. The Balaban J connectivity index is 2.23. The van der Waals surface area contributed by atoms with Crippen molar-refractivity contribution in [1.29, 1.82) is 0 Å². The van der Waals surface area contributed by atoms with Gasteiger partial charge in [0, 0.05) is 18.2 Å². The third-order valence-corrected chi connectivity index (χ3v) is 4.93. The van der Waals surface area contributed by atoms with Gasteiger partial charge in [0.05, 0.1) is 0 Å². The van der Waals surface area contributed by atoms with Gasteiger partial charge in [0.2, 0.25) is 0 Å². The Kier molecular flexibility index (Phi) is 6.74. The number of nitrogens with one attached hydrogen (secondary N) is 1. The molecule has 24 heavy (non-hydrogen) atoms. The Morgan fingerprint density at radius 3 is 2.62 bits per heavy atom. The minimum absolute atomic E-state index is 0.00656. The molecular weight excluding hydrogens is 292 g/mol. The number of allylic oxidation sites excluding steroid dienone is 5. The molecule has 1 aromatic carbocycles. The summed E-state index contributed by atoms with van der Waals surface area (Å²) in [7, 11) is 0. The Labute approximate surface area is 147 Å². The van der Waals surface area contributed by atoms with Crippen LogP contribution < -0.4 is 5.32 Å². The molecule has 1 aromatic rings. The third-order valence-electron chi connectivity index (χ3n) is 4.93. The van der Waals surface area contributed by atoms with E-state index in [-0.39, 0.29) is 6.17 Å². The molecule has 2 nitrogen and oxygen atoms in total. The summed E-state index contributed by atoms with van der Waals surface area (Å²) in [6.07, 6.45) is 8.78. The van der Waals surface area contributed by atoms with Crippen LogP contribution in [0.2, 0.25) is 0 Å². The van der Waals surface area contributed by atoms with Crippen LogP contribution in [0.25, 0.3) is 0 Å². The largest absolute Gasteiger partial charge is 0.288 e. The van der Waals surface area contributed by atoms with Crippen molar-refractivity contribution in [1.82, 2.24) is 5.32 Å². The molecule has 0 heterocycles. The van der Waals surface area contributed by atoms with E-state index >= 15 is 0 Å². The number of nitrogens with zero attached hydrogens (tertiary/aromatic N) is 1. The number of aliphatic imine (C=N–C) groups is 1. The molecule has 1 aliphatic rings. The van der Waals surface area contributed by atoms with Crippen LogP contribution in [0.1, 0.15) is 46.3 Å². The topological polar surface area (TPSA) is 24.4 Å². The molecule has 0 aliphatic heterocycles. The SMILES string of the molecule is C/C=C(\C)CNC(/N=C(\C)[C@@H]1C=CC=C(C)[C@@H]1C)c1ccccc1. The average molecular weight is 322 g/mol. The first kappa shape index (κ1) is 18.4. The molecule has 0 radical (unpaired) electrons. The maximum atomic E-state index is 5.06. The van der Waals surface area contributed by atoms with Crippen LogP contribution in [0.5, 0.6) is 0 Å². The van der Waals surface area contributed by atoms with Crippen molar-refractivity contribution in [2.75, 3.05) is 6.54 Å². The third kappa shape index (κ3) is 4.78. The lowest BCUT2D eigenvalue weighted by Crippen LogP contribution is -2.26. The highest BCUT2D eigenvalue weighted by Crippen LogP contribution is 2.28. The first-order valence-electron chi connectivity index (χ1n) is 8.82. The Morgan fingerprint density at radius 2 is 1.96 bits per heavy atom. The molecule has 2 heteroatoms. The van der Waals surface area contributed by atoms with Gasteiger partial charge in [0.15, 0.2) is 0 Å². The molecule has 0 amide bonds. The zero-order valence-electron chi connectivity index (χ0n) is 15.6. The lowest BCUT2D eigenvalue weighted by Gasteiger charge is -2.26. The summed E-state index contributed by atoms with van der Waals surface area (Å²) in [4.78, 5) is 5.06. The Morgan fingerprint density at radius 1 is 1.25 bits per heavy atom. The Bertz CT molecular complexity index is 650. The van der Waals surface area contributed by atoms with Gasteiger partial charge in [-0.15, -0.1) is 0 Å². The van der Waals surface area contributed by atoms with Gasteiger partial charge in [-0.05, 0) is 39.2 Å². The highest BCUT2D eigenvalue weighted by Gasteiger charge is 2.22. The summed E-state index contributed by atoms with van der Waals surface area (Å²) in [6.45, 7) is 11.7. The van der Waals surface area contributed by atoms with Crippen molar-refractivity contribution >= 4 is 5.71 Å². The predicted octanol–water partition coefficient (Wildman–Crippen LogP) is 5.47. The van der Waals surface area contributed by atoms with E-state index in [1.807, 2.05) is 0 Å². The van der Waals surface area contributed by atoms with E-state index in [1.54, 1.807) is 0 Å². The molecule has 1 N–H and O–H groups in total. The van der Waals surface area contributed by atoms with Gasteiger partial charge < -0.3 is 0 Å². The zero-order valence-corrected chi connectivity index (χ0v) is 15.6. The van der Waals surface area contributed by atoms with E-state index in [9.17, 15) is 0 Å². The number of hydrogen-bond acceptors (Lipinski definition) is 2. The number of benzene rings is 1. The summed E-state index contributed by atoms with van der Waals surface area (Å²) >= 11 is 0. The molecule has 0 aromatic heterocycles. The van der Waals surface area contributed by atoms with Gasteiger partial charge in [-0.1, -0.05) is 72.7 Å². The molecule has 1 aliphatic carbocycles. The average Bonchev–Trinajstić information content (AvgIpc) is 2.61. The van der Waals surface area contributed by atoms with Gasteiger partial charge in [0.25, 0.3) is 0 Å². The fourth-order valence-corrected chi connectivity index (χ4v) is 2.95. The maximum Gasteiger partial charge on any atom is 0.125 e. The lowest BCUT2D eigenvalue weighted by atomic mass is 9.81. The predicted molar refractivity (Wildman–Crippen MR) is 105 cm³/mol. The van der Waals surface area contributed by atoms with Crippen molar-refractivity contribution in [3.8, 4) is 0 Å². The van der Waals surface area contributed by atoms with Crippen LogP contribution in [0.4, 0.5) is 0 Å². The molecule has 0 saturated carbocycles. The minimum Gasteiger partial charge on any atom is -0.288 e. The van der Waals surface area contributed by atoms with Crippen LogP contribution in [0.15, 0.2) is 70.8 Å². The van der Waals surface area contributed by atoms with Crippen molar-refractivity contribution in [3.05, 3.63) is 71.3 Å². The van der Waals surface area contributed by atoms with Gasteiger partial charge in [-0.2, -0.15) is 0 Å². The van der Waals surface area contributed by atoms with E-state index in [2.05, 4.69) is 94.6 Å². The quantitative estimate of drug-likeness (QED) is 0.545. The van der Waals surface area contributed by atoms with Gasteiger partial charge in [-0.25, -0.2) is 0 Å². The van der Waals surface area contributed by atoms with E-state index in [0.29, 0.717) is 11.8 Å². The van der Waals surface area contributed by atoms with Crippen molar-refractivity contribution < 1.29 is 0 Å². The molecule has 128 valence electrons. The first-order valence-corrected chi connectivity index (χ1v) is 8.82. The smallest absolute Gasteiger partial charge is 0.125 e. The Hall–Kier alpha value is -1.93. The molecule has 0 fully saturated rings. The van der Waals surface area contributed by atoms with E-state index in [0.717, 1.165) is 6.54 Å². The molecule has 2 rings (SSSR count). The van der Waals surface area contributed by atoms with Crippen LogP contribution >= 0.6 is 0 Å². The standard InChI is InChI=1S/C22H30N2/c1-6-16(2)15-23-22(20-12-8-7-9-13-20)24-19(5)21-14-10-11-17(3)18(21)4/h6-14,18,21-23H,15H2,1-5H3/b16-6+,24-19+/t18-,21+,22?/m0/s1. The highest BCUT2D eigenvalue weighted by molar-refractivity contribution is 5.87. The lowest BCUT2D eigenvalue weighted by molar-refractivity contribution is 0.558. The van der Waals surface area contributed by atoms with E-state index in [4.69, 9.17) is 4.99 Å². The second-order valence-electron chi connectivity index (χ2n) is 6.71. The molecule has 3 atom stereocenters. The van der Waals surface area contributed by atoms with Crippen LogP contribution in [-0.2, 0) is 0 Å². The van der Waals surface area contributed by atoms with Gasteiger partial charge >= 0.3 is 0 Å². The monoisotopic (exact) mass is 322 g/mol. The van der Waals surface area contributed by atoms with Crippen molar-refractivity contribution in [3.63, 3.8) is 0 Å². The summed E-state index contributed by atoms with van der Waals surface area (Å²) in [6, 6.07) is 10.5. The number of rotatable bonds is 6. The zero-order chi connectivity index (χ0) is 17.5. The van der Waals surface area contributed by atoms with E-state index < -0.39 is 0 Å². The highest BCUT2D eigenvalue weighted by atomic mass is 15.1. The molecule has 0 saturated heterocycles. The maximum absolute atomic E-state index is 5.06. The van der Waals surface area contributed by atoms with Gasteiger partial charge in [-0.3, -0.25) is 10.3 Å². The number of hydrogen-bond donors (Lipinski definition) is 1. The fraction of sp³-hybridized carbons (Fsp3) is 0.409. The van der Waals surface area contributed by atoms with Crippen LogP contribution in [0.3, 0.4) is 0 Å². The van der Waals surface area contributed by atoms with E-state index in [1.165, 1.54) is 22.4 Å². The van der Waals surface area contributed by atoms with Crippen LogP contribution in [0, 0.1) is 11.8 Å². The molecular formula is C22H30N2. The molecule has 0 spiro atoms. The molecule has 0 bridgehead atoms. The fourth-order valence-electron chi connectivity index (χ4n) is 2.95.